The summed E-state index contributed by atoms with van der Waals surface area (Å²) in [5.74, 6) is 0.607. The van der Waals surface area contributed by atoms with Crippen LogP contribution in [0.2, 0.25) is 0 Å². The molecule has 4 atom stereocenters. The second-order valence-electron chi connectivity index (χ2n) is 5.39. The highest BCUT2D eigenvalue weighted by molar-refractivity contribution is 5.80. The van der Waals surface area contributed by atoms with E-state index in [1.54, 1.807) is 0 Å². The highest BCUT2D eigenvalue weighted by atomic mass is 16.5. The number of nitrogens with one attached hydrogen (secondary N) is 2. The topological polar surface area (TPSA) is 50.4 Å². The van der Waals surface area contributed by atoms with E-state index in [-0.39, 0.29) is 23.9 Å². The van der Waals surface area contributed by atoms with Gasteiger partial charge in [-0.2, -0.15) is 0 Å². The Balaban J connectivity index is 2.44. The molecule has 0 aromatic carbocycles. The molecule has 0 aromatic rings. The SMILES string of the molecule is CCCNC1COCC1C(=O)NC(C)C(C)CC. The molecule has 18 heavy (non-hydrogen) atoms. The molecule has 1 heterocycles. The van der Waals surface area contributed by atoms with Crippen LogP contribution in [0.5, 0.6) is 0 Å². The Morgan fingerprint density at radius 1 is 1.33 bits per heavy atom. The van der Waals surface area contributed by atoms with Crippen molar-refractivity contribution in [3.8, 4) is 0 Å². The van der Waals surface area contributed by atoms with Crippen LogP contribution in [0.3, 0.4) is 0 Å². The Kier molecular flexibility index (Phi) is 6.65. The van der Waals surface area contributed by atoms with Crippen molar-refractivity contribution in [1.82, 2.24) is 10.6 Å². The monoisotopic (exact) mass is 256 g/mol. The zero-order valence-electron chi connectivity index (χ0n) is 12.2. The van der Waals surface area contributed by atoms with Gasteiger partial charge in [-0.3, -0.25) is 4.79 Å². The van der Waals surface area contributed by atoms with E-state index in [0.29, 0.717) is 19.1 Å². The average Bonchev–Trinajstić information content (AvgIpc) is 2.83. The fourth-order valence-electron chi connectivity index (χ4n) is 2.17. The third kappa shape index (κ3) is 4.25. The number of carbonyl (C=O) groups excluding carboxylic acids is 1. The van der Waals surface area contributed by atoms with Gasteiger partial charge >= 0.3 is 0 Å². The largest absolute Gasteiger partial charge is 0.379 e. The van der Waals surface area contributed by atoms with Crippen molar-refractivity contribution in [2.75, 3.05) is 19.8 Å². The number of rotatable bonds is 7. The Hall–Kier alpha value is -0.610. The van der Waals surface area contributed by atoms with Crippen molar-refractivity contribution in [2.24, 2.45) is 11.8 Å². The van der Waals surface area contributed by atoms with Crippen LogP contribution in [0.1, 0.15) is 40.5 Å². The average molecular weight is 256 g/mol. The van der Waals surface area contributed by atoms with Crippen molar-refractivity contribution in [1.29, 1.82) is 0 Å². The summed E-state index contributed by atoms with van der Waals surface area (Å²) >= 11 is 0. The predicted octanol–water partition coefficient (Wildman–Crippen LogP) is 1.55. The molecule has 0 aliphatic carbocycles. The fourth-order valence-corrected chi connectivity index (χ4v) is 2.17. The maximum absolute atomic E-state index is 12.2. The molecule has 1 fully saturated rings. The molecule has 4 unspecified atom stereocenters. The van der Waals surface area contributed by atoms with Gasteiger partial charge in [-0.05, 0) is 25.8 Å². The van der Waals surface area contributed by atoms with Crippen LogP contribution < -0.4 is 10.6 Å². The standard InChI is InChI=1S/C14H28N2O2/c1-5-7-15-13-9-18-8-12(13)14(17)16-11(4)10(3)6-2/h10-13,15H,5-9H2,1-4H3,(H,16,17). The lowest BCUT2D eigenvalue weighted by Crippen LogP contribution is -2.47. The lowest BCUT2D eigenvalue weighted by Gasteiger charge is -2.24. The van der Waals surface area contributed by atoms with E-state index in [0.717, 1.165) is 19.4 Å². The molecule has 0 bridgehead atoms. The third-order valence-corrected chi connectivity index (χ3v) is 3.94. The molecule has 0 spiro atoms. The van der Waals surface area contributed by atoms with Crippen molar-refractivity contribution in [3.63, 3.8) is 0 Å². The maximum atomic E-state index is 12.2. The first-order chi connectivity index (χ1) is 8.60. The van der Waals surface area contributed by atoms with Gasteiger partial charge in [-0.1, -0.05) is 27.2 Å². The molecule has 0 radical (unpaired) electrons. The Bertz CT molecular complexity index is 258. The van der Waals surface area contributed by atoms with Gasteiger partial charge in [0.15, 0.2) is 0 Å². The molecular weight excluding hydrogens is 228 g/mol. The molecule has 1 amide bonds. The molecular formula is C14H28N2O2. The Morgan fingerprint density at radius 3 is 2.67 bits per heavy atom. The Labute approximate surface area is 111 Å². The first-order valence-electron chi connectivity index (χ1n) is 7.21. The molecule has 0 aromatic heterocycles. The summed E-state index contributed by atoms with van der Waals surface area (Å²) in [6.07, 6.45) is 2.16. The van der Waals surface area contributed by atoms with E-state index in [1.807, 2.05) is 0 Å². The molecule has 1 aliphatic rings. The quantitative estimate of drug-likeness (QED) is 0.726. The van der Waals surface area contributed by atoms with Gasteiger partial charge in [0.1, 0.15) is 0 Å². The minimum absolute atomic E-state index is 0.0388. The first-order valence-corrected chi connectivity index (χ1v) is 7.21. The zero-order valence-corrected chi connectivity index (χ0v) is 12.2. The molecule has 4 nitrogen and oxygen atoms in total. The molecule has 1 rings (SSSR count). The second kappa shape index (κ2) is 7.74. The van der Waals surface area contributed by atoms with Gasteiger partial charge in [0.2, 0.25) is 5.91 Å². The van der Waals surface area contributed by atoms with E-state index in [4.69, 9.17) is 4.74 Å². The molecule has 106 valence electrons. The van der Waals surface area contributed by atoms with Crippen LogP contribution in [-0.2, 0) is 9.53 Å². The highest BCUT2D eigenvalue weighted by Crippen LogP contribution is 2.15. The smallest absolute Gasteiger partial charge is 0.227 e. The summed E-state index contributed by atoms with van der Waals surface area (Å²) in [5.41, 5.74) is 0. The van der Waals surface area contributed by atoms with Crippen molar-refractivity contribution >= 4 is 5.91 Å². The minimum Gasteiger partial charge on any atom is -0.379 e. The summed E-state index contributed by atoms with van der Waals surface area (Å²) in [7, 11) is 0. The number of carbonyl (C=O) groups is 1. The number of hydrogen-bond acceptors (Lipinski definition) is 3. The summed E-state index contributed by atoms with van der Waals surface area (Å²) in [6.45, 7) is 10.7. The van der Waals surface area contributed by atoms with Crippen LogP contribution >= 0.6 is 0 Å². The number of hydrogen-bond donors (Lipinski definition) is 2. The van der Waals surface area contributed by atoms with Gasteiger partial charge in [0.25, 0.3) is 0 Å². The van der Waals surface area contributed by atoms with E-state index < -0.39 is 0 Å². The predicted molar refractivity (Wildman–Crippen MR) is 73.5 cm³/mol. The second-order valence-corrected chi connectivity index (χ2v) is 5.39. The van der Waals surface area contributed by atoms with Crippen molar-refractivity contribution in [2.45, 2.75) is 52.6 Å². The first kappa shape index (κ1) is 15.4. The fraction of sp³-hybridized carbons (Fsp3) is 0.929. The number of ether oxygens (including phenoxy) is 1. The van der Waals surface area contributed by atoms with Crippen LogP contribution in [0.4, 0.5) is 0 Å². The van der Waals surface area contributed by atoms with Crippen LogP contribution in [0.25, 0.3) is 0 Å². The van der Waals surface area contributed by atoms with E-state index in [2.05, 4.69) is 38.3 Å². The molecule has 4 heteroatoms. The lowest BCUT2D eigenvalue weighted by molar-refractivity contribution is -0.126. The van der Waals surface area contributed by atoms with E-state index in [9.17, 15) is 4.79 Å². The zero-order chi connectivity index (χ0) is 13.5. The minimum atomic E-state index is -0.0388. The summed E-state index contributed by atoms with van der Waals surface area (Å²) < 4.78 is 5.43. The molecule has 1 saturated heterocycles. The maximum Gasteiger partial charge on any atom is 0.227 e. The third-order valence-electron chi connectivity index (χ3n) is 3.94. The molecule has 1 aliphatic heterocycles. The molecule has 0 saturated carbocycles. The normalized spacial score (nSPS) is 26.9. The highest BCUT2D eigenvalue weighted by Gasteiger charge is 2.34. The van der Waals surface area contributed by atoms with Gasteiger partial charge < -0.3 is 15.4 Å². The summed E-state index contributed by atoms with van der Waals surface area (Å²) in [5, 5.41) is 6.51. The number of amides is 1. The van der Waals surface area contributed by atoms with Crippen LogP contribution in [0, 0.1) is 11.8 Å². The van der Waals surface area contributed by atoms with Gasteiger partial charge in [-0.15, -0.1) is 0 Å². The van der Waals surface area contributed by atoms with E-state index in [1.165, 1.54) is 0 Å². The van der Waals surface area contributed by atoms with Crippen LogP contribution in [0.15, 0.2) is 0 Å². The summed E-state index contributed by atoms with van der Waals surface area (Å²) in [4.78, 5) is 12.2. The van der Waals surface area contributed by atoms with Gasteiger partial charge in [0, 0.05) is 12.1 Å². The van der Waals surface area contributed by atoms with Crippen LogP contribution in [-0.4, -0.2) is 37.7 Å². The van der Waals surface area contributed by atoms with Crippen molar-refractivity contribution < 1.29 is 9.53 Å². The Morgan fingerprint density at radius 2 is 2.06 bits per heavy atom. The lowest BCUT2D eigenvalue weighted by atomic mass is 9.98. The molecule has 2 N–H and O–H groups in total. The van der Waals surface area contributed by atoms with Crippen molar-refractivity contribution in [3.05, 3.63) is 0 Å². The van der Waals surface area contributed by atoms with Gasteiger partial charge in [-0.25, -0.2) is 0 Å². The van der Waals surface area contributed by atoms with E-state index >= 15 is 0 Å². The summed E-state index contributed by atoms with van der Waals surface area (Å²) in [6, 6.07) is 0.406. The van der Waals surface area contributed by atoms with Gasteiger partial charge in [0.05, 0.1) is 19.1 Å².